The molecule has 8 heteroatoms. The molecule has 1 aliphatic heterocycles. The summed E-state index contributed by atoms with van der Waals surface area (Å²) in [4.78, 5) is 18.6. The molecule has 4 nitrogen and oxygen atoms in total. The third kappa shape index (κ3) is 5.82. The number of rotatable bonds is 5. The first-order valence-corrected chi connectivity index (χ1v) is 10.1. The Bertz CT molecular complexity index is 989. The standard InChI is InChI=1S/C22H21F3N2O2S/c1-15-19(14-27-11-3-2-5-16(6-4-12-27)13-20(28)29)30-21(26-15)17-7-9-18(10-8-17)22(23,24)25/h2-5,7-10,12H,6,11,13-14H2,1H3,(H,28,29)/b3-2-,12-4-,16-5+. The molecule has 0 saturated heterocycles. The molecule has 0 atom stereocenters. The number of aliphatic carboxylic acids is 1. The number of aryl methyl sites for hydroxylation is 1. The molecule has 0 aliphatic carbocycles. The van der Waals surface area contributed by atoms with Crippen molar-refractivity contribution in [1.82, 2.24) is 9.88 Å². The first kappa shape index (κ1) is 21.8. The number of benzene rings is 1. The number of carboxylic acid groups (broad SMARTS) is 1. The third-order valence-electron chi connectivity index (χ3n) is 4.58. The van der Waals surface area contributed by atoms with E-state index in [0.29, 0.717) is 30.1 Å². The van der Waals surface area contributed by atoms with Gasteiger partial charge in [0.05, 0.1) is 24.2 Å². The van der Waals surface area contributed by atoms with Crippen LogP contribution in [0.4, 0.5) is 13.2 Å². The molecule has 0 bridgehead atoms. The molecule has 0 amide bonds. The number of hydrogen-bond donors (Lipinski definition) is 1. The highest BCUT2D eigenvalue weighted by molar-refractivity contribution is 7.15. The van der Waals surface area contributed by atoms with Crippen molar-refractivity contribution in [2.75, 3.05) is 6.54 Å². The molecule has 0 fully saturated rings. The SMILES string of the molecule is Cc1nc(-c2ccc(C(F)(F)F)cc2)sc1CN1/C=C\C/C(CC(=O)O)=C\C=C/C1. The van der Waals surface area contributed by atoms with Crippen LogP contribution in [0, 0.1) is 6.92 Å². The second-order valence-electron chi connectivity index (χ2n) is 6.94. The highest BCUT2D eigenvalue weighted by Gasteiger charge is 2.30. The zero-order valence-corrected chi connectivity index (χ0v) is 17.1. The van der Waals surface area contributed by atoms with E-state index in [4.69, 9.17) is 5.11 Å². The Balaban J connectivity index is 1.71. The van der Waals surface area contributed by atoms with Gasteiger partial charge in [-0.25, -0.2) is 4.98 Å². The number of nitrogens with zero attached hydrogens (tertiary/aromatic N) is 2. The summed E-state index contributed by atoms with van der Waals surface area (Å²) >= 11 is 1.46. The molecule has 3 rings (SSSR count). The summed E-state index contributed by atoms with van der Waals surface area (Å²) in [6.07, 6.45) is 5.77. The van der Waals surface area contributed by atoms with E-state index in [0.717, 1.165) is 28.3 Å². The molecule has 1 aliphatic rings. The molecule has 30 heavy (non-hydrogen) atoms. The van der Waals surface area contributed by atoms with Gasteiger partial charge in [-0.05, 0) is 31.7 Å². The van der Waals surface area contributed by atoms with E-state index in [2.05, 4.69) is 9.88 Å². The van der Waals surface area contributed by atoms with Gasteiger partial charge in [-0.15, -0.1) is 11.3 Å². The van der Waals surface area contributed by atoms with E-state index >= 15 is 0 Å². The average molecular weight is 434 g/mol. The monoisotopic (exact) mass is 434 g/mol. The van der Waals surface area contributed by atoms with Crippen LogP contribution in [-0.4, -0.2) is 27.5 Å². The van der Waals surface area contributed by atoms with E-state index in [1.165, 1.54) is 23.5 Å². The topological polar surface area (TPSA) is 53.4 Å². The van der Waals surface area contributed by atoms with Crippen molar-refractivity contribution < 1.29 is 23.1 Å². The van der Waals surface area contributed by atoms with Gasteiger partial charge in [0.1, 0.15) is 5.01 Å². The van der Waals surface area contributed by atoms with Gasteiger partial charge >= 0.3 is 12.1 Å². The molecule has 0 unspecified atom stereocenters. The predicted molar refractivity (Wildman–Crippen MR) is 111 cm³/mol. The lowest BCUT2D eigenvalue weighted by Crippen LogP contribution is -2.16. The predicted octanol–water partition coefficient (Wildman–Crippen LogP) is 5.81. The lowest BCUT2D eigenvalue weighted by atomic mass is 10.1. The van der Waals surface area contributed by atoms with Crippen LogP contribution in [0.3, 0.4) is 0 Å². The fourth-order valence-electron chi connectivity index (χ4n) is 3.01. The summed E-state index contributed by atoms with van der Waals surface area (Å²) < 4.78 is 38.3. The second kappa shape index (κ2) is 9.30. The largest absolute Gasteiger partial charge is 0.481 e. The summed E-state index contributed by atoms with van der Waals surface area (Å²) in [5, 5.41) is 9.65. The molecular weight excluding hydrogens is 413 g/mol. The van der Waals surface area contributed by atoms with Crippen LogP contribution in [0.25, 0.3) is 10.6 Å². The van der Waals surface area contributed by atoms with Gasteiger partial charge in [-0.3, -0.25) is 4.79 Å². The Kier molecular flexibility index (Phi) is 6.77. The summed E-state index contributed by atoms with van der Waals surface area (Å²) in [5.74, 6) is -0.852. The molecule has 0 radical (unpaired) electrons. The molecule has 0 saturated carbocycles. The van der Waals surface area contributed by atoms with E-state index in [1.807, 2.05) is 37.4 Å². The average Bonchev–Trinajstić information content (AvgIpc) is 3.08. The molecule has 2 aromatic rings. The quantitative estimate of drug-likeness (QED) is 0.645. The van der Waals surface area contributed by atoms with Crippen molar-refractivity contribution in [3.05, 3.63) is 76.5 Å². The Hall–Kier alpha value is -2.87. The van der Waals surface area contributed by atoms with Gasteiger partial charge < -0.3 is 10.0 Å². The van der Waals surface area contributed by atoms with Gasteiger partial charge in [0, 0.05) is 17.0 Å². The molecule has 158 valence electrons. The lowest BCUT2D eigenvalue weighted by Gasteiger charge is -2.17. The Morgan fingerprint density at radius 1 is 1.23 bits per heavy atom. The van der Waals surface area contributed by atoms with Crippen molar-refractivity contribution in [3.63, 3.8) is 0 Å². The minimum Gasteiger partial charge on any atom is -0.481 e. The molecule has 2 heterocycles. The van der Waals surface area contributed by atoms with Crippen LogP contribution in [0.15, 0.2) is 60.3 Å². The van der Waals surface area contributed by atoms with E-state index in [1.54, 1.807) is 0 Å². The maximum absolute atomic E-state index is 12.8. The maximum atomic E-state index is 12.8. The minimum absolute atomic E-state index is 0.0130. The van der Waals surface area contributed by atoms with E-state index < -0.39 is 17.7 Å². The fourth-order valence-corrected chi connectivity index (χ4v) is 4.10. The molecule has 1 aromatic heterocycles. The molecule has 1 N–H and O–H groups in total. The maximum Gasteiger partial charge on any atom is 0.416 e. The van der Waals surface area contributed by atoms with Crippen LogP contribution < -0.4 is 0 Å². The number of carbonyl (C=O) groups is 1. The molecular formula is C22H21F3N2O2S. The first-order valence-electron chi connectivity index (χ1n) is 9.33. The van der Waals surface area contributed by atoms with Crippen LogP contribution in [0.5, 0.6) is 0 Å². The number of thiazole rings is 1. The molecule has 1 aromatic carbocycles. The van der Waals surface area contributed by atoms with E-state index in [9.17, 15) is 18.0 Å². The fraction of sp³-hybridized carbons (Fsp3) is 0.273. The normalized spacial score (nSPS) is 18.7. The summed E-state index contributed by atoms with van der Waals surface area (Å²) in [6, 6.07) is 5.04. The number of allylic oxidation sites excluding steroid dienone is 3. The molecule has 0 spiro atoms. The van der Waals surface area contributed by atoms with Gasteiger partial charge in [0.25, 0.3) is 0 Å². The van der Waals surface area contributed by atoms with Crippen molar-refractivity contribution in [2.24, 2.45) is 0 Å². The van der Waals surface area contributed by atoms with Crippen LogP contribution in [-0.2, 0) is 17.5 Å². The number of carboxylic acids is 1. The van der Waals surface area contributed by atoms with Crippen molar-refractivity contribution in [2.45, 2.75) is 32.5 Å². The van der Waals surface area contributed by atoms with E-state index in [-0.39, 0.29) is 6.42 Å². The number of halogens is 3. The summed E-state index contributed by atoms with van der Waals surface area (Å²) in [6.45, 7) is 3.15. The van der Waals surface area contributed by atoms with Crippen molar-refractivity contribution in [1.29, 1.82) is 0 Å². The van der Waals surface area contributed by atoms with Crippen LogP contribution in [0.1, 0.15) is 29.0 Å². The first-order chi connectivity index (χ1) is 14.2. The lowest BCUT2D eigenvalue weighted by molar-refractivity contribution is -0.138. The third-order valence-corrected chi connectivity index (χ3v) is 5.77. The summed E-state index contributed by atoms with van der Waals surface area (Å²) in [7, 11) is 0. The van der Waals surface area contributed by atoms with Crippen molar-refractivity contribution in [3.8, 4) is 10.6 Å². The van der Waals surface area contributed by atoms with Crippen molar-refractivity contribution >= 4 is 17.3 Å². The number of alkyl halides is 3. The van der Waals surface area contributed by atoms with Gasteiger partial charge in [-0.2, -0.15) is 13.2 Å². The van der Waals surface area contributed by atoms with Crippen LogP contribution in [0.2, 0.25) is 0 Å². The number of aromatic nitrogens is 1. The highest BCUT2D eigenvalue weighted by atomic mass is 32.1. The zero-order chi connectivity index (χ0) is 21.7. The Morgan fingerprint density at radius 2 is 1.97 bits per heavy atom. The summed E-state index contributed by atoms with van der Waals surface area (Å²) in [5.41, 5.74) is 1.65. The van der Waals surface area contributed by atoms with Gasteiger partial charge in [0.15, 0.2) is 0 Å². The Labute approximate surface area is 176 Å². The Morgan fingerprint density at radius 3 is 2.63 bits per heavy atom. The smallest absolute Gasteiger partial charge is 0.416 e. The zero-order valence-electron chi connectivity index (χ0n) is 16.3. The second-order valence-corrected chi connectivity index (χ2v) is 8.03. The van der Waals surface area contributed by atoms with Gasteiger partial charge in [-0.1, -0.05) is 42.0 Å². The number of hydrogen-bond acceptors (Lipinski definition) is 4. The van der Waals surface area contributed by atoms with Gasteiger partial charge in [0.2, 0.25) is 0 Å². The highest BCUT2D eigenvalue weighted by Crippen LogP contribution is 2.33. The van der Waals surface area contributed by atoms with Crippen LogP contribution >= 0.6 is 11.3 Å². The minimum atomic E-state index is -4.36.